The summed E-state index contributed by atoms with van der Waals surface area (Å²) in [4.78, 5) is 13.6. The zero-order chi connectivity index (χ0) is 13.7. The summed E-state index contributed by atoms with van der Waals surface area (Å²) in [5.74, 6) is -0.260. The molecule has 1 amide bonds. The van der Waals surface area contributed by atoms with Crippen molar-refractivity contribution in [3.63, 3.8) is 0 Å². The highest BCUT2D eigenvalue weighted by Crippen LogP contribution is 2.16. The minimum Gasteiger partial charge on any atom is -0.377 e. The minimum atomic E-state index is -0.260. The lowest BCUT2D eigenvalue weighted by Crippen LogP contribution is -2.31. The number of rotatable bonds is 5. The SMILES string of the molecule is CC(C)OCCN(C)C(=O)c1cc(Cl)nnc1Cl. The van der Waals surface area contributed by atoms with Crippen molar-refractivity contribution in [2.24, 2.45) is 0 Å². The molecule has 0 aliphatic carbocycles. The molecule has 1 aromatic heterocycles. The fourth-order valence-corrected chi connectivity index (χ4v) is 1.56. The summed E-state index contributed by atoms with van der Waals surface area (Å²) >= 11 is 11.5. The number of halogens is 2. The zero-order valence-electron chi connectivity index (χ0n) is 10.5. The molecule has 0 atom stereocenters. The third-order valence-corrected chi connectivity index (χ3v) is 2.64. The Bertz CT molecular complexity index is 427. The van der Waals surface area contributed by atoms with Gasteiger partial charge in [0.1, 0.15) is 0 Å². The van der Waals surface area contributed by atoms with Crippen LogP contribution < -0.4 is 0 Å². The van der Waals surface area contributed by atoms with Crippen LogP contribution >= 0.6 is 23.2 Å². The molecule has 0 aliphatic rings. The Morgan fingerprint density at radius 1 is 1.44 bits per heavy atom. The van der Waals surface area contributed by atoms with E-state index in [1.807, 2.05) is 13.8 Å². The molecule has 5 nitrogen and oxygen atoms in total. The van der Waals surface area contributed by atoms with Gasteiger partial charge in [0.2, 0.25) is 0 Å². The number of ether oxygens (including phenoxy) is 1. The van der Waals surface area contributed by atoms with Crippen molar-refractivity contribution in [1.29, 1.82) is 0 Å². The second-order valence-electron chi connectivity index (χ2n) is 4.02. The number of likely N-dealkylation sites (N-methyl/N-ethyl adjacent to an activating group) is 1. The lowest BCUT2D eigenvalue weighted by Gasteiger charge is -2.18. The van der Waals surface area contributed by atoms with E-state index in [1.54, 1.807) is 7.05 Å². The van der Waals surface area contributed by atoms with Gasteiger partial charge >= 0.3 is 0 Å². The first-order valence-corrected chi connectivity index (χ1v) is 6.23. The summed E-state index contributed by atoms with van der Waals surface area (Å²) < 4.78 is 5.37. The van der Waals surface area contributed by atoms with E-state index in [4.69, 9.17) is 27.9 Å². The van der Waals surface area contributed by atoms with E-state index in [-0.39, 0.29) is 27.9 Å². The molecule has 7 heteroatoms. The monoisotopic (exact) mass is 291 g/mol. The number of hydrogen-bond donors (Lipinski definition) is 0. The van der Waals surface area contributed by atoms with E-state index >= 15 is 0 Å². The Morgan fingerprint density at radius 3 is 2.72 bits per heavy atom. The van der Waals surface area contributed by atoms with Crippen LogP contribution in [0.15, 0.2) is 6.07 Å². The second kappa shape index (κ2) is 6.87. The third kappa shape index (κ3) is 4.40. The van der Waals surface area contributed by atoms with Crippen LogP contribution in [0.3, 0.4) is 0 Å². The van der Waals surface area contributed by atoms with Gasteiger partial charge in [-0.2, -0.15) is 0 Å². The molecule has 0 fully saturated rings. The van der Waals surface area contributed by atoms with E-state index in [0.717, 1.165) is 0 Å². The number of hydrogen-bond acceptors (Lipinski definition) is 4. The first-order chi connectivity index (χ1) is 8.41. The van der Waals surface area contributed by atoms with Crippen molar-refractivity contribution < 1.29 is 9.53 Å². The van der Waals surface area contributed by atoms with E-state index in [9.17, 15) is 4.79 Å². The topological polar surface area (TPSA) is 55.3 Å². The van der Waals surface area contributed by atoms with Gasteiger partial charge in [0.05, 0.1) is 18.3 Å². The van der Waals surface area contributed by atoms with Crippen LogP contribution in [0.4, 0.5) is 0 Å². The highest BCUT2D eigenvalue weighted by atomic mass is 35.5. The van der Waals surface area contributed by atoms with Crippen molar-refractivity contribution in [1.82, 2.24) is 15.1 Å². The van der Waals surface area contributed by atoms with Crippen molar-refractivity contribution in [3.05, 3.63) is 21.9 Å². The number of nitrogens with zero attached hydrogens (tertiary/aromatic N) is 3. The molecule has 0 spiro atoms. The average molecular weight is 292 g/mol. The molecule has 1 aromatic rings. The van der Waals surface area contributed by atoms with Crippen molar-refractivity contribution >= 4 is 29.1 Å². The predicted molar refractivity (Wildman–Crippen MR) is 70.1 cm³/mol. The molecule has 0 saturated heterocycles. The van der Waals surface area contributed by atoms with Gasteiger partial charge in [-0.1, -0.05) is 23.2 Å². The summed E-state index contributed by atoms with van der Waals surface area (Å²) in [5.41, 5.74) is 0.240. The second-order valence-corrected chi connectivity index (χ2v) is 4.76. The molecule has 18 heavy (non-hydrogen) atoms. The summed E-state index contributed by atoms with van der Waals surface area (Å²) in [6.45, 7) is 4.80. The molecule has 0 N–H and O–H groups in total. The smallest absolute Gasteiger partial charge is 0.256 e. The average Bonchev–Trinajstić information content (AvgIpc) is 2.30. The molecule has 0 radical (unpaired) electrons. The molecular weight excluding hydrogens is 277 g/mol. The third-order valence-electron chi connectivity index (χ3n) is 2.17. The van der Waals surface area contributed by atoms with Crippen LogP contribution in [0.25, 0.3) is 0 Å². The quantitative estimate of drug-likeness (QED) is 0.835. The van der Waals surface area contributed by atoms with Crippen LogP contribution in [0, 0.1) is 0 Å². The first kappa shape index (κ1) is 15.1. The van der Waals surface area contributed by atoms with Gasteiger partial charge in [-0.3, -0.25) is 4.79 Å². The van der Waals surface area contributed by atoms with Gasteiger partial charge in [-0.05, 0) is 19.9 Å². The standard InChI is InChI=1S/C11H15Cl2N3O2/c1-7(2)18-5-4-16(3)11(17)8-6-9(12)14-15-10(8)13/h6-7H,4-5H2,1-3H3. The summed E-state index contributed by atoms with van der Waals surface area (Å²) in [5, 5.41) is 7.33. The molecule has 0 unspecified atom stereocenters. The number of aromatic nitrogens is 2. The zero-order valence-corrected chi connectivity index (χ0v) is 12.0. The van der Waals surface area contributed by atoms with Gasteiger partial charge in [-0.25, -0.2) is 0 Å². The number of amides is 1. The summed E-state index contributed by atoms with van der Waals surface area (Å²) in [7, 11) is 1.66. The Hall–Kier alpha value is -0.910. The molecule has 0 aromatic carbocycles. The molecule has 1 heterocycles. The molecule has 0 bridgehead atoms. The fourth-order valence-electron chi connectivity index (χ4n) is 1.24. The molecule has 0 saturated carbocycles. The van der Waals surface area contributed by atoms with Crippen molar-refractivity contribution in [2.45, 2.75) is 20.0 Å². The number of carbonyl (C=O) groups is 1. The lowest BCUT2D eigenvalue weighted by molar-refractivity contribution is 0.0532. The molecule has 0 aliphatic heterocycles. The van der Waals surface area contributed by atoms with Crippen molar-refractivity contribution in [3.8, 4) is 0 Å². The molecule has 100 valence electrons. The van der Waals surface area contributed by atoms with Crippen LogP contribution in [0.5, 0.6) is 0 Å². The van der Waals surface area contributed by atoms with Gasteiger partial charge in [-0.15, -0.1) is 10.2 Å². The molecular formula is C11H15Cl2N3O2. The van der Waals surface area contributed by atoms with Gasteiger partial charge in [0, 0.05) is 13.6 Å². The lowest BCUT2D eigenvalue weighted by atomic mass is 10.3. The van der Waals surface area contributed by atoms with Gasteiger partial charge in [0.15, 0.2) is 10.3 Å². The van der Waals surface area contributed by atoms with E-state index in [2.05, 4.69) is 10.2 Å². The van der Waals surface area contributed by atoms with Crippen LogP contribution in [-0.4, -0.2) is 47.3 Å². The van der Waals surface area contributed by atoms with E-state index in [1.165, 1.54) is 11.0 Å². The highest BCUT2D eigenvalue weighted by molar-refractivity contribution is 6.34. The van der Waals surface area contributed by atoms with E-state index < -0.39 is 0 Å². The Kier molecular flexibility index (Phi) is 5.78. The Labute approximate surface area is 116 Å². The maximum atomic E-state index is 12.1. The minimum absolute atomic E-state index is 0.0426. The highest BCUT2D eigenvalue weighted by Gasteiger charge is 2.17. The Balaban J connectivity index is 2.65. The fraction of sp³-hybridized carbons (Fsp3) is 0.545. The summed E-state index contributed by atoms with van der Waals surface area (Å²) in [6, 6.07) is 1.40. The van der Waals surface area contributed by atoms with Crippen LogP contribution in [0.1, 0.15) is 24.2 Å². The van der Waals surface area contributed by atoms with Crippen LogP contribution in [0.2, 0.25) is 10.3 Å². The summed E-state index contributed by atoms with van der Waals surface area (Å²) in [6.07, 6.45) is 0.133. The van der Waals surface area contributed by atoms with E-state index in [0.29, 0.717) is 13.2 Å². The maximum absolute atomic E-state index is 12.1. The first-order valence-electron chi connectivity index (χ1n) is 5.47. The van der Waals surface area contributed by atoms with Gasteiger partial charge in [0.25, 0.3) is 5.91 Å². The maximum Gasteiger partial charge on any atom is 0.256 e. The molecule has 1 rings (SSSR count). The van der Waals surface area contributed by atoms with Gasteiger partial charge < -0.3 is 9.64 Å². The predicted octanol–water partition coefficient (Wildman–Crippen LogP) is 2.28. The number of carbonyl (C=O) groups excluding carboxylic acids is 1. The van der Waals surface area contributed by atoms with Crippen LogP contribution in [-0.2, 0) is 4.74 Å². The normalized spacial score (nSPS) is 10.8. The Morgan fingerprint density at radius 2 is 2.11 bits per heavy atom. The largest absolute Gasteiger partial charge is 0.377 e. The van der Waals surface area contributed by atoms with Crippen molar-refractivity contribution in [2.75, 3.05) is 20.2 Å².